The highest BCUT2D eigenvalue weighted by atomic mass is 35.5. The zero-order chi connectivity index (χ0) is 16.3. The van der Waals surface area contributed by atoms with Crippen LogP contribution in [0.1, 0.15) is 32.6 Å². The first-order valence-corrected chi connectivity index (χ1v) is 8.50. The molecule has 1 unspecified atom stereocenters. The first-order valence-electron chi connectivity index (χ1n) is 8.50. The third kappa shape index (κ3) is 4.01. The number of rotatable bonds is 5. The van der Waals surface area contributed by atoms with Gasteiger partial charge in [-0.25, -0.2) is 4.39 Å². The zero-order valence-electron chi connectivity index (χ0n) is 14.0. The van der Waals surface area contributed by atoms with Crippen LogP contribution in [0.3, 0.4) is 0 Å². The van der Waals surface area contributed by atoms with Gasteiger partial charge in [-0.2, -0.15) is 0 Å². The maximum absolute atomic E-state index is 13.1. The molecule has 2 N–H and O–H groups in total. The Morgan fingerprint density at radius 2 is 2.33 bits per heavy atom. The van der Waals surface area contributed by atoms with E-state index in [4.69, 9.17) is 4.74 Å². The van der Waals surface area contributed by atoms with E-state index in [1.165, 1.54) is 18.6 Å². The van der Waals surface area contributed by atoms with Gasteiger partial charge in [0.15, 0.2) is 0 Å². The second-order valence-corrected chi connectivity index (χ2v) is 6.87. The molecule has 0 radical (unpaired) electrons. The molecule has 1 saturated heterocycles. The summed E-state index contributed by atoms with van der Waals surface area (Å²) in [4.78, 5) is 12.8. The largest absolute Gasteiger partial charge is 0.491 e. The molecule has 1 heterocycles. The first kappa shape index (κ1) is 19.0. The van der Waals surface area contributed by atoms with Crippen LogP contribution in [0, 0.1) is 17.2 Å². The summed E-state index contributed by atoms with van der Waals surface area (Å²) in [7, 11) is 0. The van der Waals surface area contributed by atoms with Crippen molar-refractivity contribution in [3.05, 3.63) is 30.1 Å². The van der Waals surface area contributed by atoms with Crippen molar-refractivity contribution >= 4 is 18.3 Å². The Balaban J connectivity index is 0.00000208. The Kier molecular flexibility index (Phi) is 6.47. The zero-order valence-corrected chi connectivity index (χ0v) is 14.8. The molecule has 1 aromatic carbocycles. The Morgan fingerprint density at radius 3 is 3.12 bits per heavy atom. The van der Waals surface area contributed by atoms with E-state index in [-0.39, 0.29) is 35.6 Å². The van der Waals surface area contributed by atoms with Crippen LogP contribution in [-0.4, -0.2) is 31.6 Å². The van der Waals surface area contributed by atoms with Gasteiger partial charge in [0.05, 0.1) is 11.5 Å². The highest BCUT2D eigenvalue weighted by Gasteiger charge is 2.49. The average molecular weight is 357 g/mol. The van der Waals surface area contributed by atoms with Crippen molar-refractivity contribution in [2.45, 2.75) is 38.6 Å². The number of ether oxygens (including phenoxy) is 1. The predicted octanol–water partition coefficient (Wildman–Crippen LogP) is 2.91. The number of benzene rings is 1. The highest BCUT2D eigenvalue weighted by molar-refractivity contribution is 5.85. The number of carbonyl (C=O) groups is 1. The van der Waals surface area contributed by atoms with E-state index in [0.717, 1.165) is 32.4 Å². The average Bonchev–Trinajstić information content (AvgIpc) is 2.98. The van der Waals surface area contributed by atoms with Gasteiger partial charge in [-0.05, 0) is 44.4 Å². The quantitative estimate of drug-likeness (QED) is 0.853. The van der Waals surface area contributed by atoms with Gasteiger partial charge in [-0.1, -0.05) is 18.9 Å². The molecular weight excluding hydrogens is 331 g/mol. The monoisotopic (exact) mass is 356 g/mol. The summed E-state index contributed by atoms with van der Waals surface area (Å²) in [5.41, 5.74) is -0.245. The molecule has 1 amide bonds. The summed E-state index contributed by atoms with van der Waals surface area (Å²) in [5, 5.41) is 6.49. The molecule has 1 aliphatic heterocycles. The van der Waals surface area contributed by atoms with Gasteiger partial charge in [0, 0.05) is 12.6 Å². The van der Waals surface area contributed by atoms with Crippen molar-refractivity contribution in [2.24, 2.45) is 11.3 Å². The summed E-state index contributed by atoms with van der Waals surface area (Å²) in [6, 6.07) is 5.96. The smallest absolute Gasteiger partial charge is 0.228 e. The minimum absolute atomic E-state index is 0. The van der Waals surface area contributed by atoms with Crippen molar-refractivity contribution in [2.75, 3.05) is 19.7 Å². The molecule has 1 aromatic rings. The maximum atomic E-state index is 13.1. The van der Waals surface area contributed by atoms with Crippen LogP contribution < -0.4 is 15.4 Å². The lowest BCUT2D eigenvalue weighted by molar-refractivity contribution is -0.134. The van der Waals surface area contributed by atoms with E-state index in [9.17, 15) is 9.18 Å². The third-order valence-corrected chi connectivity index (χ3v) is 5.16. The van der Waals surface area contributed by atoms with Gasteiger partial charge >= 0.3 is 0 Å². The first-order chi connectivity index (χ1) is 11.1. The Hall–Kier alpha value is -1.33. The van der Waals surface area contributed by atoms with Gasteiger partial charge in [0.25, 0.3) is 0 Å². The van der Waals surface area contributed by atoms with Crippen LogP contribution in [0.2, 0.25) is 0 Å². The minimum atomic E-state index is -0.319. The number of halogens is 2. The van der Waals surface area contributed by atoms with Crippen LogP contribution >= 0.6 is 12.4 Å². The van der Waals surface area contributed by atoms with Crippen molar-refractivity contribution in [1.29, 1.82) is 0 Å². The summed E-state index contributed by atoms with van der Waals surface area (Å²) < 4.78 is 18.7. The lowest BCUT2D eigenvalue weighted by Gasteiger charge is -2.37. The van der Waals surface area contributed by atoms with Gasteiger partial charge in [0.2, 0.25) is 5.91 Å². The molecule has 0 bridgehead atoms. The van der Waals surface area contributed by atoms with Gasteiger partial charge in [0.1, 0.15) is 18.2 Å². The van der Waals surface area contributed by atoms with E-state index in [1.54, 1.807) is 12.1 Å². The fourth-order valence-corrected chi connectivity index (χ4v) is 3.88. The van der Waals surface area contributed by atoms with E-state index < -0.39 is 0 Å². The molecule has 0 aromatic heterocycles. The Bertz CT molecular complexity index is 572. The van der Waals surface area contributed by atoms with Crippen molar-refractivity contribution < 1.29 is 13.9 Å². The lowest BCUT2D eigenvalue weighted by Crippen LogP contribution is -2.51. The number of fused-ring (bicyclic) bond motifs is 1. The number of carbonyl (C=O) groups excluding carboxylic acids is 1. The van der Waals surface area contributed by atoms with E-state index in [2.05, 4.69) is 10.6 Å². The summed E-state index contributed by atoms with van der Waals surface area (Å²) in [6.45, 7) is 3.99. The minimum Gasteiger partial charge on any atom is -0.491 e. The standard InChI is InChI=1S/C18H25FN2O2.ClH/c1-13(11-23-16-7-4-6-15(19)9-16)21-17(22)18-8-3-2-5-14(18)10-20-12-18;/h4,6-7,9,13-14,20H,2-3,5,8,10-12H2,1H3,(H,21,22);1H/t13?,14-,18+;/m0./s1. The van der Waals surface area contributed by atoms with Crippen LogP contribution in [0.4, 0.5) is 4.39 Å². The maximum Gasteiger partial charge on any atom is 0.228 e. The fourth-order valence-electron chi connectivity index (χ4n) is 3.88. The third-order valence-electron chi connectivity index (χ3n) is 5.16. The Labute approximate surface area is 148 Å². The summed E-state index contributed by atoms with van der Waals surface area (Å²) in [5.74, 6) is 0.762. The van der Waals surface area contributed by atoms with Crippen LogP contribution in [0.5, 0.6) is 5.75 Å². The molecule has 24 heavy (non-hydrogen) atoms. The summed E-state index contributed by atoms with van der Waals surface area (Å²) in [6.07, 6.45) is 4.45. The molecular formula is C18H26ClFN2O2. The topological polar surface area (TPSA) is 50.4 Å². The number of hydrogen-bond donors (Lipinski definition) is 2. The fraction of sp³-hybridized carbons (Fsp3) is 0.611. The normalized spacial score (nSPS) is 26.8. The van der Waals surface area contributed by atoms with Crippen LogP contribution in [-0.2, 0) is 4.79 Å². The predicted molar refractivity (Wildman–Crippen MR) is 94.0 cm³/mol. The van der Waals surface area contributed by atoms with Crippen LogP contribution in [0.15, 0.2) is 24.3 Å². The molecule has 134 valence electrons. The van der Waals surface area contributed by atoms with E-state index in [0.29, 0.717) is 18.3 Å². The molecule has 6 heteroatoms. The molecule has 0 spiro atoms. The molecule has 4 nitrogen and oxygen atoms in total. The highest BCUT2D eigenvalue weighted by Crippen LogP contribution is 2.43. The number of nitrogens with one attached hydrogen (secondary N) is 2. The second-order valence-electron chi connectivity index (χ2n) is 6.87. The molecule has 2 fully saturated rings. The van der Waals surface area contributed by atoms with Gasteiger partial charge in [-0.3, -0.25) is 4.79 Å². The SMILES string of the molecule is CC(COc1cccc(F)c1)NC(=O)[C@@]12CCCC[C@H]1CNC2.Cl. The molecule has 1 saturated carbocycles. The van der Waals surface area contributed by atoms with Crippen molar-refractivity contribution in [1.82, 2.24) is 10.6 Å². The molecule has 1 aliphatic carbocycles. The van der Waals surface area contributed by atoms with Crippen molar-refractivity contribution in [3.63, 3.8) is 0 Å². The Morgan fingerprint density at radius 1 is 1.50 bits per heavy atom. The van der Waals surface area contributed by atoms with E-state index in [1.807, 2.05) is 6.92 Å². The summed E-state index contributed by atoms with van der Waals surface area (Å²) >= 11 is 0. The van der Waals surface area contributed by atoms with Gasteiger partial charge < -0.3 is 15.4 Å². The van der Waals surface area contributed by atoms with Crippen molar-refractivity contribution in [3.8, 4) is 5.75 Å². The second kappa shape index (κ2) is 8.17. The molecule has 3 atom stereocenters. The van der Waals surface area contributed by atoms with E-state index >= 15 is 0 Å². The molecule has 2 aliphatic rings. The number of hydrogen-bond acceptors (Lipinski definition) is 3. The molecule has 3 rings (SSSR count). The lowest BCUT2D eigenvalue weighted by atomic mass is 9.67. The number of amides is 1. The van der Waals surface area contributed by atoms with Crippen LogP contribution in [0.25, 0.3) is 0 Å². The van der Waals surface area contributed by atoms with Gasteiger partial charge in [-0.15, -0.1) is 12.4 Å².